The van der Waals surface area contributed by atoms with Crippen LogP contribution in [0.3, 0.4) is 0 Å². The average Bonchev–Trinajstić information content (AvgIpc) is 2.37. The molecule has 0 bridgehead atoms. The highest BCUT2D eigenvalue weighted by Crippen LogP contribution is 2.12. The summed E-state index contributed by atoms with van der Waals surface area (Å²) in [6, 6.07) is 6.48. The van der Waals surface area contributed by atoms with E-state index in [-0.39, 0.29) is 19.1 Å². The maximum Gasteiger partial charge on any atom is 0.241 e. The van der Waals surface area contributed by atoms with E-state index in [9.17, 15) is 4.79 Å². The number of anilines is 2. The van der Waals surface area contributed by atoms with Crippen molar-refractivity contribution in [2.45, 2.75) is 13.0 Å². The SMILES string of the molecule is CC(C(=O)Nc1cccc(N)c1)N(CCO)CCO. The molecule has 0 aliphatic rings. The van der Waals surface area contributed by atoms with Gasteiger partial charge in [0.1, 0.15) is 0 Å². The molecular formula is C13H21N3O3. The minimum absolute atomic E-state index is 0.0596. The van der Waals surface area contributed by atoms with Gasteiger partial charge in [-0.2, -0.15) is 0 Å². The van der Waals surface area contributed by atoms with Crippen molar-refractivity contribution < 1.29 is 15.0 Å². The highest BCUT2D eigenvalue weighted by atomic mass is 16.3. The van der Waals surface area contributed by atoms with E-state index in [2.05, 4.69) is 5.32 Å². The third-order valence-electron chi connectivity index (χ3n) is 2.86. The van der Waals surface area contributed by atoms with Gasteiger partial charge >= 0.3 is 0 Å². The van der Waals surface area contributed by atoms with Crippen LogP contribution < -0.4 is 11.1 Å². The summed E-state index contributed by atoms with van der Waals surface area (Å²) in [5.41, 5.74) is 6.84. The maximum absolute atomic E-state index is 12.1. The number of amides is 1. The number of nitrogens with zero attached hydrogens (tertiary/aromatic N) is 1. The number of carbonyl (C=O) groups excluding carboxylic acids is 1. The predicted octanol–water partition coefficient (Wildman–Crippen LogP) is -0.118. The second-order valence-electron chi connectivity index (χ2n) is 4.27. The lowest BCUT2D eigenvalue weighted by Crippen LogP contribution is -2.44. The Morgan fingerprint density at radius 2 is 2.00 bits per heavy atom. The molecule has 0 aliphatic heterocycles. The van der Waals surface area contributed by atoms with Crippen molar-refractivity contribution >= 4 is 17.3 Å². The van der Waals surface area contributed by atoms with Gasteiger partial charge in [0, 0.05) is 24.5 Å². The highest BCUT2D eigenvalue weighted by Gasteiger charge is 2.20. The number of benzene rings is 1. The average molecular weight is 267 g/mol. The smallest absolute Gasteiger partial charge is 0.241 e. The lowest BCUT2D eigenvalue weighted by molar-refractivity contribution is -0.121. The fourth-order valence-electron chi connectivity index (χ4n) is 1.78. The Morgan fingerprint density at radius 3 is 2.53 bits per heavy atom. The van der Waals surface area contributed by atoms with Crippen molar-refractivity contribution in [3.05, 3.63) is 24.3 Å². The number of nitrogens with two attached hydrogens (primary N) is 1. The fourth-order valence-corrected chi connectivity index (χ4v) is 1.78. The molecule has 1 aromatic carbocycles. The molecule has 1 aromatic rings. The summed E-state index contributed by atoms with van der Waals surface area (Å²) in [7, 11) is 0. The first kappa shape index (κ1) is 15.4. The minimum Gasteiger partial charge on any atom is -0.399 e. The summed E-state index contributed by atoms with van der Waals surface area (Å²) < 4.78 is 0. The molecule has 0 fully saturated rings. The molecule has 6 heteroatoms. The maximum atomic E-state index is 12.1. The van der Waals surface area contributed by atoms with Crippen LogP contribution in [0.25, 0.3) is 0 Å². The van der Waals surface area contributed by atoms with Crippen LogP contribution in [0.5, 0.6) is 0 Å². The molecule has 1 amide bonds. The Bertz CT molecular complexity index is 406. The monoisotopic (exact) mass is 267 g/mol. The number of aliphatic hydroxyl groups excluding tert-OH is 2. The molecule has 0 heterocycles. The Labute approximate surface area is 112 Å². The molecule has 6 nitrogen and oxygen atoms in total. The standard InChI is InChI=1S/C13H21N3O3/c1-10(16(5-7-17)6-8-18)13(19)15-12-4-2-3-11(14)9-12/h2-4,9-10,17-18H,5-8,14H2,1H3,(H,15,19). The van der Waals surface area contributed by atoms with Crippen molar-refractivity contribution in [2.24, 2.45) is 0 Å². The van der Waals surface area contributed by atoms with Crippen molar-refractivity contribution in [1.82, 2.24) is 4.90 Å². The Morgan fingerprint density at radius 1 is 1.37 bits per heavy atom. The molecule has 5 N–H and O–H groups in total. The van der Waals surface area contributed by atoms with Gasteiger partial charge in [-0.05, 0) is 25.1 Å². The first-order chi connectivity index (χ1) is 9.08. The van der Waals surface area contributed by atoms with E-state index in [1.54, 1.807) is 36.1 Å². The highest BCUT2D eigenvalue weighted by molar-refractivity contribution is 5.94. The number of hydrogen-bond donors (Lipinski definition) is 4. The zero-order valence-corrected chi connectivity index (χ0v) is 11.0. The molecule has 1 unspecified atom stereocenters. The van der Waals surface area contributed by atoms with E-state index in [1.807, 2.05) is 0 Å². The Balaban J connectivity index is 2.65. The number of hydrogen-bond acceptors (Lipinski definition) is 5. The van der Waals surface area contributed by atoms with Gasteiger partial charge in [-0.3, -0.25) is 9.69 Å². The zero-order valence-electron chi connectivity index (χ0n) is 11.0. The van der Waals surface area contributed by atoms with E-state index in [0.29, 0.717) is 24.5 Å². The van der Waals surface area contributed by atoms with Crippen LogP contribution in [-0.4, -0.2) is 53.4 Å². The molecule has 1 rings (SSSR count). The summed E-state index contributed by atoms with van der Waals surface area (Å²) in [6.07, 6.45) is 0. The van der Waals surface area contributed by atoms with Gasteiger partial charge in [0.15, 0.2) is 0 Å². The minimum atomic E-state index is -0.444. The van der Waals surface area contributed by atoms with E-state index in [1.165, 1.54) is 0 Å². The fraction of sp³-hybridized carbons (Fsp3) is 0.462. The van der Waals surface area contributed by atoms with E-state index in [4.69, 9.17) is 15.9 Å². The topological polar surface area (TPSA) is 98.8 Å². The lowest BCUT2D eigenvalue weighted by atomic mass is 10.2. The van der Waals surface area contributed by atoms with E-state index in [0.717, 1.165) is 0 Å². The molecule has 0 spiro atoms. The van der Waals surface area contributed by atoms with Crippen molar-refractivity contribution in [3.63, 3.8) is 0 Å². The largest absolute Gasteiger partial charge is 0.399 e. The number of nitrogens with one attached hydrogen (secondary N) is 1. The molecule has 0 aromatic heterocycles. The third kappa shape index (κ3) is 4.86. The van der Waals surface area contributed by atoms with Crippen LogP contribution in [0.15, 0.2) is 24.3 Å². The van der Waals surface area contributed by atoms with Gasteiger partial charge in [-0.15, -0.1) is 0 Å². The van der Waals surface area contributed by atoms with Crippen LogP contribution in [0.2, 0.25) is 0 Å². The van der Waals surface area contributed by atoms with Gasteiger partial charge in [0.05, 0.1) is 19.3 Å². The van der Waals surface area contributed by atoms with Crippen LogP contribution in [0.1, 0.15) is 6.92 Å². The summed E-state index contributed by atoms with van der Waals surface area (Å²) >= 11 is 0. The van der Waals surface area contributed by atoms with E-state index >= 15 is 0 Å². The van der Waals surface area contributed by atoms with Crippen molar-refractivity contribution in [3.8, 4) is 0 Å². The summed E-state index contributed by atoms with van der Waals surface area (Å²) in [5, 5.41) is 20.7. The second-order valence-corrected chi connectivity index (χ2v) is 4.27. The zero-order chi connectivity index (χ0) is 14.3. The number of carbonyl (C=O) groups is 1. The van der Waals surface area contributed by atoms with Crippen molar-refractivity contribution in [2.75, 3.05) is 37.4 Å². The lowest BCUT2D eigenvalue weighted by Gasteiger charge is -2.26. The summed E-state index contributed by atoms with van der Waals surface area (Å²) in [6.45, 7) is 2.29. The van der Waals surface area contributed by atoms with Gasteiger partial charge < -0.3 is 21.3 Å². The van der Waals surface area contributed by atoms with Crippen LogP contribution in [0, 0.1) is 0 Å². The summed E-state index contributed by atoms with van der Waals surface area (Å²) in [4.78, 5) is 13.8. The Kier molecular flexibility index (Phi) is 6.27. The predicted molar refractivity (Wildman–Crippen MR) is 74.7 cm³/mol. The van der Waals surface area contributed by atoms with Gasteiger partial charge in [0.25, 0.3) is 0 Å². The van der Waals surface area contributed by atoms with Gasteiger partial charge in [-0.25, -0.2) is 0 Å². The molecule has 0 saturated heterocycles. The number of nitrogen functional groups attached to an aromatic ring is 1. The first-order valence-corrected chi connectivity index (χ1v) is 6.20. The second kappa shape index (κ2) is 7.73. The number of aliphatic hydroxyl groups is 2. The molecule has 1 atom stereocenters. The van der Waals surface area contributed by atoms with Gasteiger partial charge in [-0.1, -0.05) is 6.07 Å². The quantitative estimate of drug-likeness (QED) is 0.516. The van der Waals surface area contributed by atoms with Crippen LogP contribution in [-0.2, 0) is 4.79 Å². The van der Waals surface area contributed by atoms with Crippen LogP contribution in [0.4, 0.5) is 11.4 Å². The molecule has 0 radical (unpaired) electrons. The first-order valence-electron chi connectivity index (χ1n) is 6.20. The Hall–Kier alpha value is -1.63. The third-order valence-corrected chi connectivity index (χ3v) is 2.86. The van der Waals surface area contributed by atoms with Crippen LogP contribution >= 0.6 is 0 Å². The molecule has 0 saturated carbocycles. The van der Waals surface area contributed by atoms with E-state index < -0.39 is 6.04 Å². The molecule has 0 aliphatic carbocycles. The van der Waals surface area contributed by atoms with Crippen molar-refractivity contribution in [1.29, 1.82) is 0 Å². The van der Waals surface area contributed by atoms with Gasteiger partial charge in [0.2, 0.25) is 5.91 Å². The number of rotatable bonds is 7. The molecular weight excluding hydrogens is 246 g/mol. The molecule has 19 heavy (non-hydrogen) atoms. The normalized spacial score (nSPS) is 12.4. The summed E-state index contributed by atoms with van der Waals surface area (Å²) in [5.74, 6) is -0.201. The molecule has 106 valence electrons.